The Hall–Kier alpha value is -2.23. The van der Waals surface area contributed by atoms with Crippen molar-refractivity contribution in [3.8, 4) is 0 Å². The molecule has 1 amide bonds. The maximum atomic E-state index is 12.7. The van der Waals surface area contributed by atoms with Crippen molar-refractivity contribution < 1.29 is 9.21 Å². The summed E-state index contributed by atoms with van der Waals surface area (Å²) in [5.41, 5.74) is 3.31. The lowest BCUT2D eigenvalue weighted by Gasteiger charge is -2.16. The van der Waals surface area contributed by atoms with Crippen LogP contribution in [0.4, 0.5) is 0 Å². The van der Waals surface area contributed by atoms with Gasteiger partial charge in [-0.05, 0) is 25.0 Å². The first kappa shape index (κ1) is 14.4. The summed E-state index contributed by atoms with van der Waals surface area (Å²) in [6, 6.07) is 10.1. The predicted octanol–water partition coefficient (Wildman–Crippen LogP) is 4.38. The predicted molar refractivity (Wildman–Crippen MR) is 91.6 cm³/mol. The Labute approximate surface area is 135 Å². The SMILES string of the molecule is Cn1c(C(=O)NC2CCCCCC2)cc2oc3ccccc3c21. The molecule has 23 heavy (non-hydrogen) atoms. The summed E-state index contributed by atoms with van der Waals surface area (Å²) >= 11 is 0. The smallest absolute Gasteiger partial charge is 0.268 e. The average Bonchev–Trinajstić information content (AvgIpc) is 2.94. The number of carbonyl (C=O) groups excluding carboxylic acids is 1. The van der Waals surface area contributed by atoms with Crippen LogP contribution < -0.4 is 5.32 Å². The normalized spacial score (nSPS) is 16.7. The first-order valence-corrected chi connectivity index (χ1v) is 8.52. The molecular weight excluding hydrogens is 288 g/mol. The summed E-state index contributed by atoms with van der Waals surface area (Å²) < 4.78 is 7.82. The van der Waals surface area contributed by atoms with Gasteiger partial charge in [-0.1, -0.05) is 37.8 Å². The van der Waals surface area contributed by atoms with E-state index in [9.17, 15) is 4.79 Å². The zero-order valence-electron chi connectivity index (χ0n) is 13.5. The average molecular weight is 310 g/mol. The molecule has 1 fully saturated rings. The Balaban J connectivity index is 1.65. The number of amides is 1. The van der Waals surface area contributed by atoms with Crippen LogP contribution in [0.2, 0.25) is 0 Å². The maximum Gasteiger partial charge on any atom is 0.268 e. The van der Waals surface area contributed by atoms with Crippen molar-refractivity contribution in [3.63, 3.8) is 0 Å². The second-order valence-electron chi connectivity index (χ2n) is 6.56. The van der Waals surface area contributed by atoms with Crippen LogP contribution in [0, 0.1) is 0 Å². The van der Waals surface area contributed by atoms with Crippen LogP contribution in [0.1, 0.15) is 49.0 Å². The van der Waals surface area contributed by atoms with Gasteiger partial charge in [0.2, 0.25) is 0 Å². The number of furan rings is 1. The zero-order chi connectivity index (χ0) is 15.8. The van der Waals surface area contributed by atoms with Gasteiger partial charge in [-0.3, -0.25) is 4.79 Å². The molecule has 2 aromatic heterocycles. The molecule has 1 aliphatic carbocycles. The minimum absolute atomic E-state index is 0.00915. The summed E-state index contributed by atoms with van der Waals surface area (Å²) in [5, 5.41) is 4.27. The highest BCUT2D eigenvalue weighted by Crippen LogP contribution is 2.30. The maximum absolute atomic E-state index is 12.7. The number of benzene rings is 1. The number of nitrogens with zero attached hydrogens (tertiary/aromatic N) is 1. The van der Waals surface area contributed by atoms with E-state index in [4.69, 9.17) is 4.42 Å². The molecular formula is C19H22N2O2. The van der Waals surface area contributed by atoms with Crippen LogP contribution in [0.25, 0.3) is 22.1 Å². The lowest BCUT2D eigenvalue weighted by molar-refractivity contribution is 0.0925. The van der Waals surface area contributed by atoms with Gasteiger partial charge in [-0.15, -0.1) is 0 Å². The first-order valence-electron chi connectivity index (χ1n) is 8.52. The quantitative estimate of drug-likeness (QED) is 0.714. The van der Waals surface area contributed by atoms with E-state index in [1.165, 1.54) is 25.7 Å². The molecule has 0 bridgehead atoms. The Morgan fingerprint density at radius 3 is 2.65 bits per heavy atom. The molecule has 1 N–H and O–H groups in total. The van der Waals surface area contributed by atoms with E-state index < -0.39 is 0 Å². The summed E-state index contributed by atoms with van der Waals surface area (Å²) in [7, 11) is 1.94. The zero-order valence-corrected chi connectivity index (χ0v) is 13.5. The molecule has 4 heteroatoms. The molecule has 0 radical (unpaired) electrons. The Morgan fingerprint density at radius 2 is 1.87 bits per heavy atom. The van der Waals surface area contributed by atoms with Crippen molar-refractivity contribution in [2.24, 2.45) is 7.05 Å². The second kappa shape index (κ2) is 5.76. The highest BCUT2D eigenvalue weighted by atomic mass is 16.3. The van der Waals surface area contributed by atoms with Gasteiger partial charge in [-0.25, -0.2) is 0 Å². The fraction of sp³-hybridized carbons (Fsp3) is 0.421. The molecule has 0 aliphatic heterocycles. The van der Waals surface area contributed by atoms with Gasteiger partial charge in [0.05, 0.1) is 5.52 Å². The molecule has 0 unspecified atom stereocenters. The van der Waals surface area contributed by atoms with Crippen molar-refractivity contribution in [3.05, 3.63) is 36.0 Å². The fourth-order valence-corrected chi connectivity index (χ4v) is 3.74. The van der Waals surface area contributed by atoms with Crippen molar-refractivity contribution in [1.82, 2.24) is 9.88 Å². The molecule has 2 heterocycles. The standard InChI is InChI=1S/C19H22N2O2/c1-21-15(19(22)20-13-8-4-2-3-5-9-13)12-17-18(21)14-10-6-7-11-16(14)23-17/h6-7,10-13H,2-5,8-9H2,1H3,(H,20,22). The number of hydrogen-bond donors (Lipinski definition) is 1. The summed E-state index contributed by atoms with van der Waals surface area (Å²) in [6.45, 7) is 0. The van der Waals surface area contributed by atoms with E-state index in [0.717, 1.165) is 34.9 Å². The van der Waals surface area contributed by atoms with Crippen LogP contribution in [-0.4, -0.2) is 16.5 Å². The molecule has 1 aromatic carbocycles. The number of nitrogens with one attached hydrogen (secondary N) is 1. The van der Waals surface area contributed by atoms with E-state index >= 15 is 0 Å². The Kier molecular flexibility index (Phi) is 3.60. The number of aryl methyl sites for hydroxylation is 1. The van der Waals surface area contributed by atoms with Gasteiger partial charge in [-0.2, -0.15) is 0 Å². The summed E-state index contributed by atoms with van der Waals surface area (Å²) in [4.78, 5) is 12.7. The molecule has 4 nitrogen and oxygen atoms in total. The highest BCUT2D eigenvalue weighted by molar-refractivity contribution is 6.07. The lowest BCUT2D eigenvalue weighted by atomic mass is 10.1. The third-order valence-electron chi connectivity index (χ3n) is 4.98. The molecule has 120 valence electrons. The van der Waals surface area contributed by atoms with Crippen molar-refractivity contribution in [1.29, 1.82) is 0 Å². The minimum atomic E-state index is 0.00915. The van der Waals surface area contributed by atoms with E-state index in [2.05, 4.69) is 5.32 Å². The largest absolute Gasteiger partial charge is 0.454 e. The van der Waals surface area contributed by atoms with E-state index in [-0.39, 0.29) is 5.91 Å². The molecule has 1 aliphatic rings. The number of para-hydroxylation sites is 1. The van der Waals surface area contributed by atoms with Crippen LogP contribution in [0.3, 0.4) is 0 Å². The van der Waals surface area contributed by atoms with E-state index in [0.29, 0.717) is 11.7 Å². The third-order valence-corrected chi connectivity index (χ3v) is 4.98. The van der Waals surface area contributed by atoms with Crippen molar-refractivity contribution >= 4 is 28.0 Å². The third kappa shape index (κ3) is 2.52. The topological polar surface area (TPSA) is 47.2 Å². The molecule has 0 saturated heterocycles. The number of aromatic nitrogens is 1. The summed E-state index contributed by atoms with van der Waals surface area (Å²) in [6.07, 6.45) is 7.19. The lowest BCUT2D eigenvalue weighted by Crippen LogP contribution is -2.35. The minimum Gasteiger partial charge on any atom is -0.454 e. The van der Waals surface area contributed by atoms with Gasteiger partial charge in [0, 0.05) is 24.5 Å². The number of carbonyl (C=O) groups is 1. The molecule has 4 rings (SSSR count). The van der Waals surface area contributed by atoms with Crippen LogP contribution in [0.15, 0.2) is 34.7 Å². The Bertz CT molecular complexity index is 851. The molecule has 1 saturated carbocycles. The Morgan fingerprint density at radius 1 is 1.13 bits per heavy atom. The van der Waals surface area contributed by atoms with E-state index in [1.54, 1.807) is 0 Å². The number of fused-ring (bicyclic) bond motifs is 3. The summed E-state index contributed by atoms with van der Waals surface area (Å²) in [5.74, 6) is 0.00915. The molecule has 3 aromatic rings. The van der Waals surface area contributed by atoms with Gasteiger partial charge in [0.1, 0.15) is 11.3 Å². The first-order chi connectivity index (χ1) is 11.2. The van der Waals surface area contributed by atoms with Crippen LogP contribution >= 0.6 is 0 Å². The number of hydrogen-bond acceptors (Lipinski definition) is 2. The van der Waals surface area contributed by atoms with Gasteiger partial charge >= 0.3 is 0 Å². The molecule has 0 atom stereocenters. The van der Waals surface area contributed by atoms with Gasteiger partial charge < -0.3 is 14.3 Å². The fourth-order valence-electron chi connectivity index (χ4n) is 3.74. The highest BCUT2D eigenvalue weighted by Gasteiger charge is 2.21. The monoisotopic (exact) mass is 310 g/mol. The number of rotatable bonds is 2. The molecule has 0 spiro atoms. The van der Waals surface area contributed by atoms with Crippen LogP contribution in [-0.2, 0) is 7.05 Å². The van der Waals surface area contributed by atoms with E-state index in [1.807, 2.05) is 41.9 Å². The van der Waals surface area contributed by atoms with Crippen LogP contribution in [0.5, 0.6) is 0 Å². The second-order valence-corrected chi connectivity index (χ2v) is 6.56. The van der Waals surface area contributed by atoms with Gasteiger partial charge in [0.25, 0.3) is 5.91 Å². The van der Waals surface area contributed by atoms with Crippen molar-refractivity contribution in [2.45, 2.75) is 44.6 Å². The van der Waals surface area contributed by atoms with Crippen molar-refractivity contribution in [2.75, 3.05) is 0 Å². The van der Waals surface area contributed by atoms with Gasteiger partial charge in [0.15, 0.2) is 5.58 Å².